The molecule has 0 saturated heterocycles. The van der Waals surface area contributed by atoms with Gasteiger partial charge in [0.2, 0.25) is 0 Å². The Morgan fingerprint density at radius 2 is 1.73 bits per heavy atom. The number of rotatable bonds is 5. The standard InChI is InChI=1S/C24H28N2O4/c1-16(23(29)26-14-13-17-7-5-6-8-20(17)26)30-21(27)15-25-22(28)18-9-11-19(12-10-18)24(2,3)4/h5-12,16H,13-15H2,1-4H3,(H,25,28)/t16-/m0/s1. The maximum atomic E-state index is 12.7. The maximum Gasteiger partial charge on any atom is 0.326 e. The van der Waals surface area contributed by atoms with Crippen LogP contribution in [0.2, 0.25) is 0 Å². The number of nitrogens with one attached hydrogen (secondary N) is 1. The third-order valence-electron chi connectivity index (χ3n) is 5.22. The van der Waals surface area contributed by atoms with Crippen LogP contribution in [-0.2, 0) is 26.2 Å². The number of benzene rings is 2. The summed E-state index contributed by atoms with van der Waals surface area (Å²) in [6.45, 7) is 8.12. The van der Waals surface area contributed by atoms with Crippen LogP contribution in [0, 0.1) is 0 Å². The molecule has 0 aromatic heterocycles. The number of fused-ring (bicyclic) bond motifs is 1. The number of hydrogen-bond donors (Lipinski definition) is 1. The van der Waals surface area contributed by atoms with E-state index in [-0.39, 0.29) is 23.8 Å². The summed E-state index contributed by atoms with van der Waals surface area (Å²) in [5.41, 5.74) is 3.55. The van der Waals surface area contributed by atoms with E-state index in [1.165, 1.54) is 0 Å². The fourth-order valence-electron chi connectivity index (χ4n) is 3.45. The average Bonchev–Trinajstić information content (AvgIpc) is 3.15. The molecule has 0 radical (unpaired) electrons. The van der Waals surface area contributed by atoms with Crippen LogP contribution in [0.4, 0.5) is 5.69 Å². The monoisotopic (exact) mass is 408 g/mol. The van der Waals surface area contributed by atoms with Gasteiger partial charge in [-0.25, -0.2) is 0 Å². The van der Waals surface area contributed by atoms with Gasteiger partial charge in [-0.1, -0.05) is 51.1 Å². The predicted molar refractivity (Wildman–Crippen MR) is 116 cm³/mol. The highest BCUT2D eigenvalue weighted by molar-refractivity contribution is 5.99. The van der Waals surface area contributed by atoms with E-state index in [1.54, 1.807) is 24.0 Å². The topological polar surface area (TPSA) is 75.7 Å². The zero-order valence-corrected chi connectivity index (χ0v) is 17.9. The van der Waals surface area contributed by atoms with Gasteiger partial charge in [-0.15, -0.1) is 0 Å². The molecule has 2 amide bonds. The first-order valence-electron chi connectivity index (χ1n) is 10.1. The number of esters is 1. The Morgan fingerprint density at radius 3 is 2.40 bits per heavy atom. The lowest BCUT2D eigenvalue weighted by atomic mass is 9.87. The number of ether oxygens (including phenoxy) is 1. The van der Waals surface area contributed by atoms with Gasteiger partial charge in [0.05, 0.1) is 0 Å². The van der Waals surface area contributed by atoms with Crippen molar-refractivity contribution in [3.05, 3.63) is 65.2 Å². The summed E-state index contributed by atoms with van der Waals surface area (Å²) in [6, 6.07) is 15.0. The van der Waals surface area contributed by atoms with Crippen molar-refractivity contribution in [2.75, 3.05) is 18.0 Å². The Kier molecular flexibility index (Phi) is 6.25. The van der Waals surface area contributed by atoms with Crippen LogP contribution in [0.5, 0.6) is 0 Å². The fourth-order valence-corrected chi connectivity index (χ4v) is 3.45. The first-order chi connectivity index (χ1) is 14.2. The van der Waals surface area contributed by atoms with Gasteiger partial charge in [-0.3, -0.25) is 14.4 Å². The van der Waals surface area contributed by atoms with E-state index in [2.05, 4.69) is 26.1 Å². The SMILES string of the molecule is C[C@H](OC(=O)CNC(=O)c1ccc(C(C)(C)C)cc1)C(=O)N1CCc2ccccc21. The predicted octanol–water partition coefficient (Wildman–Crippen LogP) is 3.23. The van der Waals surface area contributed by atoms with E-state index in [1.807, 2.05) is 36.4 Å². The van der Waals surface area contributed by atoms with Crippen LogP contribution in [0.3, 0.4) is 0 Å². The molecule has 0 spiro atoms. The molecule has 1 atom stereocenters. The van der Waals surface area contributed by atoms with Crippen molar-refractivity contribution in [3.63, 3.8) is 0 Å². The van der Waals surface area contributed by atoms with Crippen molar-refractivity contribution in [1.82, 2.24) is 5.32 Å². The summed E-state index contributed by atoms with van der Waals surface area (Å²) in [6.07, 6.45) is -0.140. The highest BCUT2D eigenvalue weighted by atomic mass is 16.5. The molecule has 0 aliphatic carbocycles. The van der Waals surface area contributed by atoms with E-state index < -0.39 is 12.1 Å². The van der Waals surface area contributed by atoms with Gasteiger partial charge in [-0.05, 0) is 48.1 Å². The number of nitrogens with zero attached hydrogens (tertiary/aromatic N) is 1. The second-order valence-corrected chi connectivity index (χ2v) is 8.51. The van der Waals surface area contributed by atoms with Crippen molar-refractivity contribution in [2.45, 2.75) is 45.6 Å². The molecule has 1 heterocycles. The Balaban J connectivity index is 1.51. The third-order valence-corrected chi connectivity index (χ3v) is 5.22. The summed E-state index contributed by atoms with van der Waals surface area (Å²) < 4.78 is 5.24. The van der Waals surface area contributed by atoms with E-state index >= 15 is 0 Å². The summed E-state index contributed by atoms with van der Waals surface area (Å²) in [4.78, 5) is 38.7. The zero-order chi connectivity index (χ0) is 21.9. The molecule has 1 aliphatic heterocycles. The number of para-hydroxylation sites is 1. The molecule has 1 N–H and O–H groups in total. The number of hydrogen-bond acceptors (Lipinski definition) is 4. The minimum absolute atomic E-state index is 0.00264. The average molecular weight is 408 g/mol. The first-order valence-corrected chi connectivity index (χ1v) is 10.1. The van der Waals surface area contributed by atoms with Crippen LogP contribution < -0.4 is 10.2 Å². The van der Waals surface area contributed by atoms with Gasteiger partial charge in [0.1, 0.15) is 6.54 Å². The molecule has 3 rings (SSSR count). The Labute approximate surface area is 177 Å². The highest BCUT2D eigenvalue weighted by Gasteiger charge is 2.29. The second-order valence-electron chi connectivity index (χ2n) is 8.51. The molecule has 158 valence electrons. The number of carbonyl (C=O) groups is 3. The molecular weight excluding hydrogens is 380 g/mol. The summed E-state index contributed by atoms with van der Waals surface area (Å²) >= 11 is 0. The van der Waals surface area contributed by atoms with E-state index in [0.717, 1.165) is 23.2 Å². The van der Waals surface area contributed by atoms with Gasteiger partial charge < -0.3 is 15.0 Å². The van der Waals surface area contributed by atoms with Crippen molar-refractivity contribution >= 4 is 23.5 Å². The Bertz CT molecular complexity index is 944. The van der Waals surface area contributed by atoms with E-state index in [9.17, 15) is 14.4 Å². The molecule has 0 fully saturated rings. The smallest absolute Gasteiger partial charge is 0.326 e. The molecule has 2 aromatic carbocycles. The molecule has 0 bridgehead atoms. The van der Waals surface area contributed by atoms with Gasteiger partial charge in [0.15, 0.2) is 6.10 Å². The molecule has 2 aromatic rings. The summed E-state index contributed by atoms with van der Waals surface area (Å²) in [7, 11) is 0. The van der Waals surface area contributed by atoms with Crippen molar-refractivity contribution in [1.29, 1.82) is 0 Å². The van der Waals surface area contributed by atoms with Gasteiger partial charge in [0, 0.05) is 17.8 Å². The lowest BCUT2D eigenvalue weighted by molar-refractivity contribution is -0.152. The van der Waals surface area contributed by atoms with Gasteiger partial charge in [-0.2, -0.15) is 0 Å². The first kappa shape index (κ1) is 21.6. The maximum absolute atomic E-state index is 12.7. The van der Waals surface area contributed by atoms with Gasteiger partial charge in [0.25, 0.3) is 11.8 Å². The normalized spacial score (nSPS) is 14.1. The van der Waals surface area contributed by atoms with Crippen molar-refractivity contribution in [2.24, 2.45) is 0 Å². The quantitative estimate of drug-likeness (QED) is 0.771. The Morgan fingerprint density at radius 1 is 1.07 bits per heavy atom. The number of amides is 2. The van der Waals surface area contributed by atoms with Crippen LogP contribution in [0.15, 0.2) is 48.5 Å². The van der Waals surface area contributed by atoms with Crippen molar-refractivity contribution in [3.8, 4) is 0 Å². The summed E-state index contributed by atoms with van der Waals surface area (Å²) in [5.74, 6) is -1.28. The lowest BCUT2D eigenvalue weighted by Gasteiger charge is -2.21. The van der Waals surface area contributed by atoms with Crippen molar-refractivity contribution < 1.29 is 19.1 Å². The third kappa shape index (κ3) is 4.87. The molecule has 6 heteroatoms. The largest absolute Gasteiger partial charge is 0.451 e. The molecular formula is C24H28N2O4. The van der Waals surface area contributed by atoms with Crippen LogP contribution >= 0.6 is 0 Å². The number of carbonyl (C=O) groups excluding carboxylic acids is 3. The molecule has 30 heavy (non-hydrogen) atoms. The zero-order valence-electron chi connectivity index (χ0n) is 17.9. The molecule has 0 unspecified atom stereocenters. The molecule has 1 aliphatic rings. The lowest BCUT2D eigenvalue weighted by Crippen LogP contribution is -2.41. The molecule has 0 saturated carbocycles. The van der Waals surface area contributed by atoms with Crippen LogP contribution in [0.1, 0.15) is 49.2 Å². The van der Waals surface area contributed by atoms with E-state index in [0.29, 0.717) is 12.1 Å². The Hall–Kier alpha value is -3.15. The van der Waals surface area contributed by atoms with Crippen LogP contribution in [0.25, 0.3) is 0 Å². The van der Waals surface area contributed by atoms with Gasteiger partial charge >= 0.3 is 5.97 Å². The minimum atomic E-state index is -0.924. The number of anilines is 1. The van der Waals surface area contributed by atoms with Crippen LogP contribution in [-0.4, -0.2) is 37.0 Å². The highest BCUT2D eigenvalue weighted by Crippen LogP contribution is 2.28. The fraction of sp³-hybridized carbons (Fsp3) is 0.375. The minimum Gasteiger partial charge on any atom is -0.451 e. The second kappa shape index (κ2) is 8.69. The van der Waals surface area contributed by atoms with E-state index in [4.69, 9.17) is 4.74 Å². The summed E-state index contributed by atoms with van der Waals surface area (Å²) in [5, 5.41) is 2.55. The molecule has 6 nitrogen and oxygen atoms in total.